The zero-order chi connectivity index (χ0) is 19.0. The number of carbonyl (C=O) groups excluding carboxylic acids is 1. The van der Waals surface area contributed by atoms with E-state index < -0.39 is 5.60 Å². The first kappa shape index (κ1) is 15.8. The van der Waals surface area contributed by atoms with Crippen LogP contribution in [0.15, 0.2) is 72.8 Å². The average Bonchev–Trinajstić information content (AvgIpc) is 3.00. The molecule has 3 aliphatic heterocycles. The number of fused-ring (bicyclic) bond motifs is 3. The molecule has 3 aliphatic rings. The SMILES string of the molecule is CN1c2ccccc2C1C1(C2c3ccccc3N2C)OC(=O)c2ccccc21. The van der Waals surface area contributed by atoms with Crippen molar-refractivity contribution in [1.29, 1.82) is 0 Å². The van der Waals surface area contributed by atoms with Gasteiger partial charge in [0, 0.05) is 42.2 Å². The zero-order valence-electron chi connectivity index (χ0n) is 15.8. The van der Waals surface area contributed by atoms with Crippen molar-refractivity contribution in [2.45, 2.75) is 17.7 Å². The molecule has 0 bridgehead atoms. The van der Waals surface area contributed by atoms with Gasteiger partial charge >= 0.3 is 5.97 Å². The lowest BCUT2D eigenvalue weighted by atomic mass is 9.67. The van der Waals surface area contributed by atoms with Crippen LogP contribution in [0.1, 0.15) is 39.1 Å². The summed E-state index contributed by atoms with van der Waals surface area (Å²) in [7, 11) is 4.18. The van der Waals surface area contributed by atoms with Crippen molar-refractivity contribution >= 4 is 17.3 Å². The summed E-state index contributed by atoms with van der Waals surface area (Å²) in [6.07, 6.45) is 0. The standard InChI is InChI=1S/C24H20N2O2/c1-25-19-13-7-4-10-16(19)21(25)24(18-12-6-3-9-15(18)23(27)28-24)22-17-11-5-8-14-20(17)26(22)2/h3-14,21-22H,1-2H3. The van der Waals surface area contributed by atoms with E-state index in [2.05, 4.69) is 78.5 Å². The van der Waals surface area contributed by atoms with Gasteiger partial charge in [-0.3, -0.25) is 0 Å². The second kappa shape index (κ2) is 5.16. The molecule has 2 atom stereocenters. The second-order valence-corrected chi connectivity index (χ2v) is 7.87. The highest BCUT2D eigenvalue weighted by Gasteiger charge is 2.65. The summed E-state index contributed by atoms with van der Waals surface area (Å²) in [4.78, 5) is 17.4. The number of nitrogens with zero attached hydrogens (tertiary/aromatic N) is 2. The van der Waals surface area contributed by atoms with E-state index in [4.69, 9.17) is 4.74 Å². The summed E-state index contributed by atoms with van der Waals surface area (Å²) in [5.41, 5.74) is 5.74. The summed E-state index contributed by atoms with van der Waals surface area (Å²) in [5.74, 6) is -0.230. The van der Waals surface area contributed by atoms with Crippen molar-refractivity contribution in [3.63, 3.8) is 0 Å². The maximum absolute atomic E-state index is 12.9. The molecule has 0 spiro atoms. The molecular weight excluding hydrogens is 348 g/mol. The largest absolute Gasteiger partial charge is 0.445 e. The molecule has 138 valence electrons. The third-order valence-corrected chi connectivity index (χ3v) is 6.64. The zero-order valence-corrected chi connectivity index (χ0v) is 15.8. The predicted octanol–water partition coefficient (Wildman–Crippen LogP) is 4.43. The fourth-order valence-corrected chi connectivity index (χ4v) is 5.50. The number of cyclic esters (lactones) is 1. The Kier molecular flexibility index (Phi) is 2.91. The predicted molar refractivity (Wildman–Crippen MR) is 109 cm³/mol. The molecule has 6 rings (SSSR count). The molecule has 0 aliphatic carbocycles. The van der Waals surface area contributed by atoms with Gasteiger partial charge in [-0.15, -0.1) is 0 Å². The average molecular weight is 368 g/mol. The summed E-state index contributed by atoms with van der Waals surface area (Å²) in [6, 6.07) is 24.6. The Balaban J connectivity index is 1.62. The van der Waals surface area contributed by atoms with E-state index >= 15 is 0 Å². The molecule has 28 heavy (non-hydrogen) atoms. The molecule has 4 nitrogen and oxygen atoms in total. The number of anilines is 2. The molecule has 0 fully saturated rings. The van der Waals surface area contributed by atoms with Gasteiger partial charge in [0.05, 0.1) is 5.56 Å². The molecule has 4 heteroatoms. The van der Waals surface area contributed by atoms with E-state index in [0.717, 1.165) is 5.56 Å². The lowest BCUT2D eigenvalue weighted by Crippen LogP contribution is -2.58. The highest BCUT2D eigenvalue weighted by Crippen LogP contribution is 2.65. The van der Waals surface area contributed by atoms with Crippen LogP contribution in [-0.4, -0.2) is 20.1 Å². The Morgan fingerprint density at radius 1 is 0.750 bits per heavy atom. The summed E-state index contributed by atoms with van der Waals surface area (Å²) >= 11 is 0. The van der Waals surface area contributed by atoms with Crippen LogP contribution in [0.3, 0.4) is 0 Å². The number of para-hydroxylation sites is 2. The summed E-state index contributed by atoms with van der Waals surface area (Å²) in [5, 5.41) is 0. The Bertz CT molecular complexity index is 1080. The van der Waals surface area contributed by atoms with Crippen LogP contribution < -0.4 is 9.80 Å². The molecule has 0 aromatic heterocycles. The van der Waals surface area contributed by atoms with Gasteiger partial charge < -0.3 is 14.5 Å². The molecule has 0 saturated heterocycles. The van der Waals surface area contributed by atoms with Crippen molar-refractivity contribution in [3.05, 3.63) is 95.1 Å². The second-order valence-electron chi connectivity index (χ2n) is 7.87. The quantitative estimate of drug-likeness (QED) is 0.627. The van der Waals surface area contributed by atoms with Crippen LogP contribution in [-0.2, 0) is 10.3 Å². The van der Waals surface area contributed by atoms with Crippen LogP contribution in [0.2, 0.25) is 0 Å². The smallest absolute Gasteiger partial charge is 0.339 e. The number of hydrogen-bond acceptors (Lipinski definition) is 4. The number of ether oxygens (including phenoxy) is 1. The maximum Gasteiger partial charge on any atom is 0.339 e. The van der Waals surface area contributed by atoms with E-state index in [-0.39, 0.29) is 18.1 Å². The van der Waals surface area contributed by atoms with Gasteiger partial charge in [-0.1, -0.05) is 54.6 Å². The summed E-state index contributed by atoms with van der Waals surface area (Å²) < 4.78 is 6.36. The van der Waals surface area contributed by atoms with Gasteiger partial charge in [-0.25, -0.2) is 4.79 Å². The number of hydrogen-bond donors (Lipinski definition) is 0. The van der Waals surface area contributed by atoms with E-state index in [1.54, 1.807) is 0 Å². The Morgan fingerprint density at radius 3 is 1.86 bits per heavy atom. The first-order valence-electron chi connectivity index (χ1n) is 9.61. The lowest BCUT2D eigenvalue weighted by molar-refractivity contribution is -0.0479. The van der Waals surface area contributed by atoms with Crippen molar-refractivity contribution in [1.82, 2.24) is 0 Å². The minimum absolute atomic E-state index is 0.0305. The molecule has 3 aromatic rings. The van der Waals surface area contributed by atoms with Gasteiger partial charge in [0.2, 0.25) is 0 Å². The number of carbonyl (C=O) groups is 1. The number of esters is 1. The molecular formula is C24H20N2O2. The Hall–Kier alpha value is -3.27. The third-order valence-electron chi connectivity index (χ3n) is 6.64. The Labute approximate surface area is 164 Å². The topological polar surface area (TPSA) is 32.8 Å². The Morgan fingerprint density at radius 2 is 1.25 bits per heavy atom. The number of likely N-dealkylation sites (N-methyl/N-ethyl adjacent to an activating group) is 2. The normalized spacial score (nSPS) is 26.6. The van der Waals surface area contributed by atoms with Crippen LogP contribution >= 0.6 is 0 Å². The molecule has 0 saturated carbocycles. The first-order chi connectivity index (χ1) is 13.6. The third kappa shape index (κ3) is 1.65. The minimum Gasteiger partial charge on any atom is -0.445 e. The van der Waals surface area contributed by atoms with E-state index in [0.29, 0.717) is 5.56 Å². The van der Waals surface area contributed by atoms with Gasteiger partial charge in [-0.2, -0.15) is 0 Å². The van der Waals surface area contributed by atoms with Gasteiger partial charge in [-0.05, 0) is 18.2 Å². The van der Waals surface area contributed by atoms with Crippen molar-refractivity contribution in [2.24, 2.45) is 0 Å². The van der Waals surface area contributed by atoms with Crippen molar-refractivity contribution < 1.29 is 9.53 Å². The van der Waals surface area contributed by atoms with E-state index in [9.17, 15) is 4.79 Å². The highest BCUT2D eigenvalue weighted by atomic mass is 16.6. The molecule has 0 radical (unpaired) electrons. The molecule has 3 heterocycles. The highest BCUT2D eigenvalue weighted by molar-refractivity contribution is 5.96. The molecule has 0 N–H and O–H groups in total. The van der Waals surface area contributed by atoms with Gasteiger partial charge in [0.25, 0.3) is 0 Å². The van der Waals surface area contributed by atoms with Crippen LogP contribution in [0.5, 0.6) is 0 Å². The summed E-state index contributed by atoms with van der Waals surface area (Å²) in [6.45, 7) is 0. The molecule has 0 amide bonds. The van der Waals surface area contributed by atoms with Gasteiger partial charge in [0.15, 0.2) is 5.60 Å². The lowest BCUT2D eigenvalue weighted by Gasteiger charge is -2.58. The maximum atomic E-state index is 12.9. The monoisotopic (exact) mass is 368 g/mol. The molecule has 3 aromatic carbocycles. The molecule has 2 unspecified atom stereocenters. The first-order valence-corrected chi connectivity index (χ1v) is 9.61. The van der Waals surface area contributed by atoms with Crippen molar-refractivity contribution in [3.8, 4) is 0 Å². The van der Waals surface area contributed by atoms with Crippen LogP contribution in [0.25, 0.3) is 0 Å². The number of benzene rings is 3. The van der Waals surface area contributed by atoms with Crippen LogP contribution in [0, 0.1) is 0 Å². The van der Waals surface area contributed by atoms with E-state index in [1.807, 2.05) is 18.2 Å². The fraction of sp³-hybridized carbons (Fsp3) is 0.208. The number of rotatable bonds is 2. The van der Waals surface area contributed by atoms with Gasteiger partial charge in [0.1, 0.15) is 12.1 Å². The van der Waals surface area contributed by atoms with E-state index in [1.165, 1.54) is 22.5 Å². The fourth-order valence-electron chi connectivity index (χ4n) is 5.50. The van der Waals surface area contributed by atoms with Crippen LogP contribution in [0.4, 0.5) is 11.4 Å². The van der Waals surface area contributed by atoms with Crippen molar-refractivity contribution in [2.75, 3.05) is 23.9 Å². The minimum atomic E-state index is -0.778.